The molecule has 0 saturated carbocycles. The summed E-state index contributed by atoms with van der Waals surface area (Å²) in [5, 5.41) is 11.1. The maximum absolute atomic E-state index is 13.1. The van der Waals surface area contributed by atoms with Gasteiger partial charge in [0.2, 0.25) is 0 Å². The lowest BCUT2D eigenvalue weighted by Crippen LogP contribution is -3.14. The molecule has 1 unspecified atom stereocenters. The Hall–Kier alpha value is -3.36. The Kier molecular flexibility index (Phi) is 6.96. The standard InChI is InChI=1S/C25H28N2O6/c1-31-19-7-3-17(4-8-19)22-21(23(28)18-5-9-20(32-2)10-6-18)24(29)25(30)27(22)12-11-26-13-15-33-16-14-26/h3-10,22,28H,11-16H2,1-2H3/p+1. The zero-order valence-electron chi connectivity index (χ0n) is 18.9. The van der Waals surface area contributed by atoms with Gasteiger partial charge in [-0.3, -0.25) is 9.59 Å². The van der Waals surface area contributed by atoms with Crippen molar-refractivity contribution in [3.63, 3.8) is 0 Å². The van der Waals surface area contributed by atoms with Crippen molar-refractivity contribution in [3.05, 3.63) is 65.2 Å². The van der Waals surface area contributed by atoms with Crippen molar-refractivity contribution in [1.82, 2.24) is 4.90 Å². The Morgan fingerprint density at radius 3 is 2.15 bits per heavy atom. The van der Waals surface area contributed by atoms with Crippen molar-refractivity contribution in [3.8, 4) is 11.5 Å². The van der Waals surface area contributed by atoms with Gasteiger partial charge in [0.1, 0.15) is 30.3 Å². The summed E-state index contributed by atoms with van der Waals surface area (Å²) in [5.41, 5.74) is 1.28. The number of nitrogens with one attached hydrogen (secondary N) is 1. The Labute approximate surface area is 193 Å². The number of likely N-dealkylation sites (tertiary alicyclic amines) is 1. The minimum atomic E-state index is -0.682. The molecule has 2 aromatic rings. The predicted octanol–water partition coefficient (Wildman–Crippen LogP) is 1.04. The molecule has 0 aromatic heterocycles. The molecule has 8 heteroatoms. The van der Waals surface area contributed by atoms with Crippen LogP contribution in [0.15, 0.2) is 54.1 Å². The number of benzene rings is 2. The van der Waals surface area contributed by atoms with Crippen LogP contribution < -0.4 is 14.4 Å². The lowest BCUT2D eigenvalue weighted by atomic mass is 9.95. The van der Waals surface area contributed by atoms with Crippen LogP contribution in [0.1, 0.15) is 17.2 Å². The number of hydrogen-bond acceptors (Lipinski definition) is 6. The highest BCUT2D eigenvalue weighted by atomic mass is 16.5. The maximum Gasteiger partial charge on any atom is 0.295 e. The van der Waals surface area contributed by atoms with Gasteiger partial charge in [0.25, 0.3) is 11.7 Å². The number of hydrogen-bond donors (Lipinski definition) is 2. The average molecular weight is 454 g/mol. The van der Waals surface area contributed by atoms with Crippen LogP contribution in [0.25, 0.3) is 5.76 Å². The summed E-state index contributed by atoms with van der Waals surface area (Å²) >= 11 is 0. The van der Waals surface area contributed by atoms with Crippen LogP contribution >= 0.6 is 0 Å². The molecule has 2 saturated heterocycles. The normalized spacial score (nSPS) is 20.8. The van der Waals surface area contributed by atoms with Gasteiger partial charge < -0.3 is 29.1 Å². The fourth-order valence-electron chi connectivity index (χ4n) is 4.34. The Morgan fingerprint density at radius 1 is 1.00 bits per heavy atom. The number of aliphatic hydroxyl groups is 1. The third kappa shape index (κ3) is 4.72. The number of quaternary nitrogens is 1. The molecule has 2 N–H and O–H groups in total. The molecule has 2 aliphatic heterocycles. The highest BCUT2D eigenvalue weighted by Gasteiger charge is 2.46. The first-order valence-corrected chi connectivity index (χ1v) is 11.0. The van der Waals surface area contributed by atoms with Gasteiger partial charge in [-0.25, -0.2) is 0 Å². The van der Waals surface area contributed by atoms with E-state index in [0.29, 0.717) is 43.4 Å². The van der Waals surface area contributed by atoms with Crippen molar-refractivity contribution < 1.29 is 33.8 Å². The van der Waals surface area contributed by atoms with Crippen LogP contribution in [0.2, 0.25) is 0 Å². The van der Waals surface area contributed by atoms with Crippen LogP contribution in [0.3, 0.4) is 0 Å². The van der Waals surface area contributed by atoms with E-state index in [1.165, 1.54) is 4.90 Å². The zero-order chi connectivity index (χ0) is 23.4. The van der Waals surface area contributed by atoms with E-state index in [1.807, 2.05) is 12.1 Å². The second kappa shape index (κ2) is 10.1. The quantitative estimate of drug-likeness (QED) is 0.370. The average Bonchev–Trinajstić information content (AvgIpc) is 3.12. The number of methoxy groups -OCH3 is 2. The predicted molar refractivity (Wildman–Crippen MR) is 121 cm³/mol. The van der Waals surface area contributed by atoms with Gasteiger partial charge in [-0.15, -0.1) is 0 Å². The fourth-order valence-corrected chi connectivity index (χ4v) is 4.34. The molecule has 0 bridgehead atoms. The molecule has 2 heterocycles. The van der Waals surface area contributed by atoms with Gasteiger partial charge in [-0.05, 0) is 42.0 Å². The summed E-state index contributed by atoms with van der Waals surface area (Å²) in [5.74, 6) is -0.173. The minimum absolute atomic E-state index is 0.0901. The van der Waals surface area contributed by atoms with E-state index in [9.17, 15) is 14.7 Å². The topological polar surface area (TPSA) is 89.7 Å². The van der Waals surface area contributed by atoms with Crippen LogP contribution in [0.5, 0.6) is 11.5 Å². The van der Waals surface area contributed by atoms with Crippen molar-refractivity contribution in [2.45, 2.75) is 6.04 Å². The first-order valence-electron chi connectivity index (χ1n) is 11.0. The monoisotopic (exact) mass is 453 g/mol. The van der Waals surface area contributed by atoms with Gasteiger partial charge >= 0.3 is 0 Å². The number of carbonyl (C=O) groups excluding carboxylic acids is 2. The van der Waals surface area contributed by atoms with Gasteiger partial charge in [0.15, 0.2) is 0 Å². The molecule has 1 atom stereocenters. The van der Waals surface area contributed by atoms with Crippen LogP contribution in [0.4, 0.5) is 0 Å². The van der Waals surface area contributed by atoms with Crippen molar-refractivity contribution in [2.75, 3.05) is 53.6 Å². The molecular formula is C25H29N2O6+. The first-order chi connectivity index (χ1) is 16.0. The maximum atomic E-state index is 13.1. The van der Waals surface area contributed by atoms with Gasteiger partial charge in [-0.1, -0.05) is 12.1 Å². The van der Waals surface area contributed by atoms with E-state index in [4.69, 9.17) is 14.2 Å². The van der Waals surface area contributed by atoms with Crippen LogP contribution in [0, 0.1) is 0 Å². The van der Waals surface area contributed by atoms with Gasteiger partial charge in [-0.2, -0.15) is 0 Å². The minimum Gasteiger partial charge on any atom is -0.507 e. The lowest BCUT2D eigenvalue weighted by Gasteiger charge is -2.29. The first kappa shape index (κ1) is 22.8. The number of carbonyl (C=O) groups is 2. The fraction of sp³-hybridized carbons (Fsp3) is 0.360. The van der Waals surface area contributed by atoms with Crippen molar-refractivity contribution >= 4 is 17.4 Å². The number of rotatable bonds is 7. The Balaban J connectivity index is 1.72. The number of ether oxygens (including phenoxy) is 3. The molecule has 4 rings (SSSR count). The molecular weight excluding hydrogens is 424 g/mol. The number of ketones is 1. The Bertz CT molecular complexity index is 1030. The molecule has 2 fully saturated rings. The molecule has 8 nitrogen and oxygen atoms in total. The van der Waals surface area contributed by atoms with Gasteiger partial charge in [0, 0.05) is 5.56 Å². The summed E-state index contributed by atoms with van der Waals surface area (Å²) < 4.78 is 15.9. The zero-order valence-corrected chi connectivity index (χ0v) is 18.9. The summed E-state index contributed by atoms with van der Waals surface area (Å²) in [7, 11) is 3.14. The number of Topliss-reactive ketones (excluding diaryl/α,β-unsaturated/α-hetero) is 1. The lowest BCUT2D eigenvalue weighted by molar-refractivity contribution is -0.907. The van der Waals surface area contributed by atoms with Crippen LogP contribution in [-0.2, 0) is 14.3 Å². The van der Waals surface area contributed by atoms with E-state index in [1.54, 1.807) is 55.5 Å². The second-order valence-electron chi connectivity index (χ2n) is 8.11. The Morgan fingerprint density at radius 2 is 1.58 bits per heavy atom. The third-order valence-corrected chi connectivity index (χ3v) is 6.24. The smallest absolute Gasteiger partial charge is 0.295 e. The SMILES string of the molecule is COc1ccc(C(O)=C2C(=O)C(=O)N(CC[NH+]3CCOCC3)C2c2ccc(OC)cc2)cc1. The second-order valence-corrected chi connectivity index (χ2v) is 8.11. The molecule has 1 amide bonds. The number of morpholine rings is 1. The van der Waals surface area contributed by atoms with E-state index in [0.717, 1.165) is 18.7 Å². The summed E-state index contributed by atoms with van der Waals surface area (Å²) in [6.07, 6.45) is 0. The van der Waals surface area contributed by atoms with Crippen molar-refractivity contribution in [2.24, 2.45) is 0 Å². The molecule has 33 heavy (non-hydrogen) atoms. The highest BCUT2D eigenvalue weighted by Crippen LogP contribution is 2.39. The number of amides is 1. The van der Waals surface area contributed by atoms with E-state index in [-0.39, 0.29) is 11.3 Å². The summed E-state index contributed by atoms with van der Waals surface area (Å²) in [6, 6.07) is 13.3. The molecule has 174 valence electrons. The molecule has 2 aliphatic rings. The van der Waals surface area contributed by atoms with Gasteiger partial charge in [0.05, 0.1) is 52.1 Å². The largest absolute Gasteiger partial charge is 0.507 e. The molecule has 2 aromatic carbocycles. The molecule has 0 aliphatic carbocycles. The number of nitrogens with zero attached hydrogens (tertiary/aromatic N) is 1. The van der Waals surface area contributed by atoms with Crippen molar-refractivity contribution in [1.29, 1.82) is 0 Å². The van der Waals surface area contributed by atoms with E-state index in [2.05, 4.69) is 0 Å². The third-order valence-electron chi connectivity index (χ3n) is 6.24. The number of aliphatic hydroxyl groups excluding tert-OH is 1. The summed E-state index contributed by atoms with van der Waals surface area (Å²) in [4.78, 5) is 29.1. The van der Waals surface area contributed by atoms with Crippen LogP contribution in [-0.4, -0.2) is 75.3 Å². The highest BCUT2D eigenvalue weighted by molar-refractivity contribution is 6.46. The summed E-state index contributed by atoms with van der Waals surface area (Å²) in [6.45, 7) is 4.20. The van der Waals surface area contributed by atoms with E-state index >= 15 is 0 Å². The molecule has 0 radical (unpaired) electrons. The van der Waals surface area contributed by atoms with E-state index < -0.39 is 17.7 Å². The molecule has 0 spiro atoms.